The molecule has 1 aromatic carbocycles. The van der Waals surface area contributed by atoms with Gasteiger partial charge in [0.15, 0.2) is 6.10 Å². The third-order valence-electron chi connectivity index (χ3n) is 4.96. The summed E-state index contributed by atoms with van der Waals surface area (Å²) in [5.41, 5.74) is 1.09. The summed E-state index contributed by atoms with van der Waals surface area (Å²) in [6, 6.07) is 4.78. The van der Waals surface area contributed by atoms with Gasteiger partial charge in [0.2, 0.25) is 0 Å². The zero-order chi connectivity index (χ0) is 16.1. The molecule has 2 aliphatic heterocycles. The molecule has 0 aromatic heterocycles. The molecule has 4 rings (SSSR count). The van der Waals surface area contributed by atoms with Crippen LogP contribution < -0.4 is 10.2 Å². The standard InChI is InChI=1S/C16H17FN2O4/c1-18-15(20)13-5-19(16(21)23-13)8-2-3-9(12(17)4-8)14-10-6-22-7-11(10)14/h2-4,10-11,13-14H,5-7H2,1H3,(H,18,20)/t10-,11+,13-,14?/m1/s1. The maximum atomic E-state index is 14.5. The first kappa shape index (κ1) is 14.4. The van der Waals surface area contributed by atoms with Gasteiger partial charge < -0.3 is 14.8 Å². The van der Waals surface area contributed by atoms with E-state index in [1.807, 2.05) is 0 Å². The number of cyclic esters (lactones) is 1. The van der Waals surface area contributed by atoms with Gasteiger partial charge in [-0.3, -0.25) is 9.69 Å². The number of carbonyl (C=O) groups is 2. The molecule has 3 fully saturated rings. The van der Waals surface area contributed by atoms with Crippen LogP contribution in [0.25, 0.3) is 0 Å². The second-order valence-electron chi connectivity index (χ2n) is 6.19. The van der Waals surface area contributed by atoms with Gasteiger partial charge in [-0.2, -0.15) is 0 Å². The Morgan fingerprint density at radius 2 is 2.09 bits per heavy atom. The van der Waals surface area contributed by atoms with Crippen molar-refractivity contribution in [1.29, 1.82) is 0 Å². The summed E-state index contributed by atoms with van der Waals surface area (Å²) in [6.45, 7) is 1.48. The molecule has 2 heterocycles. The van der Waals surface area contributed by atoms with E-state index in [1.54, 1.807) is 12.1 Å². The molecule has 0 radical (unpaired) electrons. The van der Waals surface area contributed by atoms with Crippen LogP contribution in [0.15, 0.2) is 18.2 Å². The first-order valence-corrected chi connectivity index (χ1v) is 7.67. The third kappa shape index (κ3) is 2.26. The fourth-order valence-electron chi connectivity index (χ4n) is 3.63. The van der Waals surface area contributed by atoms with Gasteiger partial charge in [-0.05, 0) is 35.4 Å². The Kier molecular flexibility index (Phi) is 3.26. The van der Waals surface area contributed by atoms with Crippen molar-refractivity contribution in [3.63, 3.8) is 0 Å². The van der Waals surface area contributed by atoms with E-state index in [0.717, 1.165) is 0 Å². The van der Waals surface area contributed by atoms with Gasteiger partial charge in [-0.15, -0.1) is 0 Å². The maximum absolute atomic E-state index is 14.5. The molecule has 0 bridgehead atoms. The molecule has 1 saturated carbocycles. The number of nitrogens with one attached hydrogen (secondary N) is 1. The Labute approximate surface area is 132 Å². The Balaban J connectivity index is 1.53. The Bertz CT molecular complexity index is 670. The van der Waals surface area contributed by atoms with E-state index in [0.29, 0.717) is 36.3 Å². The number of rotatable bonds is 3. The summed E-state index contributed by atoms with van der Waals surface area (Å²) in [5, 5.41) is 2.44. The zero-order valence-corrected chi connectivity index (χ0v) is 12.6. The summed E-state index contributed by atoms with van der Waals surface area (Å²) in [7, 11) is 1.48. The van der Waals surface area contributed by atoms with Crippen molar-refractivity contribution in [1.82, 2.24) is 5.32 Å². The van der Waals surface area contributed by atoms with Gasteiger partial charge in [-0.1, -0.05) is 6.07 Å². The number of fused-ring (bicyclic) bond motifs is 1. The number of benzene rings is 1. The smallest absolute Gasteiger partial charge is 0.415 e. The van der Waals surface area contributed by atoms with Crippen LogP contribution in [-0.2, 0) is 14.3 Å². The van der Waals surface area contributed by atoms with Crippen LogP contribution in [0.3, 0.4) is 0 Å². The lowest BCUT2D eigenvalue weighted by atomic mass is 10.1. The number of nitrogens with zero attached hydrogens (tertiary/aromatic N) is 1. The second kappa shape index (κ2) is 5.19. The topological polar surface area (TPSA) is 67.9 Å². The van der Waals surface area contributed by atoms with Crippen molar-refractivity contribution >= 4 is 17.7 Å². The average molecular weight is 320 g/mol. The molecule has 3 aliphatic rings. The van der Waals surface area contributed by atoms with Crippen molar-refractivity contribution in [2.75, 3.05) is 31.7 Å². The Morgan fingerprint density at radius 1 is 1.35 bits per heavy atom. The highest BCUT2D eigenvalue weighted by molar-refractivity contribution is 5.95. The lowest BCUT2D eigenvalue weighted by Crippen LogP contribution is -2.35. The number of ether oxygens (including phenoxy) is 2. The predicted octanol–water partition coefficient (Wildman–Crippen LogP) is 1.26. The van der Waals surface area contributed by atoms with Crippen molar-refractivity contribution in [2.45, 2.75) is 12.0 Å². The SMILES string of the molecule is CNC(=O)[C@H]1CN(c2ccc(C3[C@H]4COC[C@@H]34)c(F)c2)C(=O)O1. The molecule has 1 unspecified atom stereocenters. The Hall–Kier alpha value is -2.15. The van der Waals surface area contributed by atoms with Gasteiger partial charge in [0, 0.05) is 7.05 Å². The van der Waals surface area contributed by atoms with E-state index in [2.05, 4.69) is 5.32 Å². The minimum absolute atomic E-state index is 0.0831. The lowest BCUT2D eigenvalue weighted by molar-refractivity contribution is -0.127. The lowest BCUT2D eigenvalue weighted by Gasteiger charge is -2.14. The molecule has 23 heavy (non-hydrogen) atoms. The molecule has 0 spiro atoms. The summed E-state index contributed by atoms with van der Waals surface area (Å²) in [6.07, 6.45) is -1.50. The number of anilines is 1. The van der Waals surface area contributed by atoms with E-state index in [-0.39, 0.29) is 24.2 Å². The monoisotopic (exact) mass is 320 g/mol. The highest BCUT2D eigenvalue weighted by Crippen LogP contribution is 2.58. The first-order valence-electron chi connectivity index (χ1n) is 7.67. The summed E-state index contributed by atoms with van der Waals surface area (Å²) in [4.78, 5) is 24.7. The fourth-order valence-corrected chi connectivity index (χ4v) is 3.63. The molecule has 7 heteroatoms. The van der Waals surface area contributed by atoms with Gasteiger partial charge in [0.1, 0.15) is 5.82 Å². The molecule has 122 valence electrons. The number of carbonyl (C=O) groups excluding carboxylic acids is 2. The van der Waals surface area contributed by atoms with Gasteiger partial charge in [-0.25, -0.2) is 9.18 Å². The van der Waals surface area contributed by atoms with Crippen molar-refractivity contribution in [2.24, 2.45) is 11.8 Å². The number of amides is 2. The summed E-state index contributed by atoms with van der Waals surface area (Å²) >= 11 is 0. The molecule has 6 nitrogen and oxygen atoms in total. The van der Waals surface area contributed by atoms with E-state index < -0.39 is 12.2 Å². The molecule has 2 saturated heterocycles. The molecule has 1 N–H and O–H groups in total. The van der Waals surface area contributed by atoms with E-state index >= 15 is 0 Å². The molecular formula is C16H17FN2O4. The van der Waals surface area contributed by atoms with E-state index in [9.17, 15) is 14.0 Å². The van der Waals surface area contributed by atoms with E-state index in [1.165, 1.54) is 18.0 Å². The van der Waals surface area contributed by atoms with Crippen LogP contribution in [0.4, 0.5) is 14.9 Å². The van der Waals surface area contributed by atoms with Gasteiger partial charge in [0.25, 0.3) is 5.91 Å². The summed E-state index contributed by atoms with van der Waals surface area (Å²) < 4.78 is 24.8. The van der Waals surface area contributed by atoms with Crippen LogP contribution in [0.2, 0.25) is 0 Å². The van der Waals surface area contributed by atoms with Crippen LogP contribution in [0.5, 0.6) is 0 Å². The van der Waals surface area contributed by atoms with Gasteiger partial charge >= 0.3 is 6.09 Å². The summed E-state index contributed by atoms with van der Waals surface area (Å²) in [5.74, 6) is 0.373. The predicted molar refractivity (Wildman–Crippen MR) is 78.6 cm³/mol. The van der Waals surface area contributed by atoms with Crippen molar-refractivity contribution < 1.29 is 23.5 Å². The quantitative estimate of drug-likeness (QED) is 0.910. The molecule has 1 aliphatic carbocycles. The molecule has 2 amide bonds. The zero-order valence-electron chi connectivity index (χ0n) is 12.6. The number of likely N-dealkylation sites (N-methyl/N-ethyl adjacent to an activating group) is 1. The highest BCUT2D eigenvalue weighted by Gasteiger charge is 2.55. The minimum Gasteiger partial charge on any atom is -0.434 e. The van der Waals surface area contributed by atoms with Crippen LogP contribution in [0, 0.1) is 17.7 Å². The fraction of sp³-hybridized carbons (Fsp3) is 0.500. The normalized spacial score (nSPS) is 31.7. The highest BCUT2D eigenvalue weighted by atomic mass is 19.1. The molecule has 1 aromatic rings. The number of hydrogen-bond donors (Lipinski definition) is 1. The molecular weight excluding hydrogens is 303 g/mol. The second-order valence-corrected chi connectivity index (χ2v) is 6.19. The molecule has 4 atom stereocenters. The first-order chi connectivity index (χ1) is 11.1. The number of hydrogen-bond acceptors (Lipinski definition) is 4. The van der Waals surface area contributed by atoms with Gasteiger partial charge in [0.05, 0.1) is 25.4 Å². The van der Waals surface area contributed by atoms with Crippen LogP contribution in [-0.4, -0.2) is 44.9 Å². The average Bonchev–Trinajstić information content (AvgIpc) is 2.91. The third-order valence-corrected chi connectivity index (χ3v) is 4.96. The van der Waals surface area contributed by atoms with Crippen LogP contribution in [0.1, 0.15) is 11.5 Å². The van der Waals surface area contributed by atoms with Crippen molar-refractivity contribution in [3.8, 4) is 0 Å². The van der Waals surface area contributed by atoms with Crippen LogP contribution >= 0.6 is 0 Å². The largest absolute Gasteiger partial charge is 0.434 e. The number of halogens is 1. The Morgan fingerprint density at radius 3 is 2.74 bits per heavy atom. The van der Waals surface area contributed by atoms with Crippen molar-refractivity contribution in [3.05, 3.63) is 29.6 Å². The maximum Gasteiger partial charge on any atom is 0.415 e. The minimum atomic E-state index is -0.866. The van der Waals surface area contributed by atoms with E-state index in [4.69, 9.17) is 9.47 Å².